The second kappa shape index (κ2) is 8.39. The molecular weight excluding hydrogens is 378 g/mol. The predicted molar refractivity (Wildman–Crippen MR) is 107 cm³/mol. The molecule has 9 heteroatoms. The van der Waals surface area contributed by atoms with Crippen molar-refractivity contribution in [1.82, 2.24) is 19.6 Å². The maximum atomic E-state index is 12.5. The molecule has 3 rings (SSSR count). The van der Waals surface area contributed by atoms with Crippen molar-refractivity contribution < 1.29 is 14.3 Å². The Morgan fingerprint density at radius 2 is 1.96 bits per heavy atom. The molecule has 0 atom stereocenters. The van der Waals surface area contributed by atoms with Crippen LogP contribution in [0.15, 0.2) is 29.4 Å². The summed E-state index contributed by atoms with van der Waals surface area (Å²) in [6.45, 7) is 3.85. The molecule has 0 spiro atoms. The molecule has 0 aliphatic heterocycles. The van der Waals surface area contributed by atoms with E-state index in [4.69, 9.17) is 4.74 Å². The SMILES string of the molecule is COC(=O)c1ccccc1NC(=O)CCc1c(C)nc2nc(SC)nn2c1C. The molecule has 0 bridgehead atoms. The van der Waals surface area contributed by atoms with Crippen LogP contribution in [0.5, 0.6) is 0 Å². The smallest absolute Gasteiger partial charge is 0.339 e. The van der Waals surface area contributed by atoms with E-state index in [1.807, 2.05) is 20.1 Å². The van der Waals surface area contributed by atoms with Crippen molar-refractivity contribution in [1.29, 1.82) is 0 Å². The first-order valence-electron chi connectivity index (χ1n) is 8.68. The molecule has 0 saturated heterocycles. The molecule has 0 unspecified atom stereocenters. The fourth-order valence-electron chi connectivity index (χ4n) is 2.97. The number of aryl methyl sites for hydroxylation is 2. The Balaban J connectivity index is 1.76. The van der Waals surface area contributed by atoms with Crippen molar-refractivity contribution in [2.24, 2.45) is 0 Å². The Kier molecular flexibility index (Phi) is 5.93. The quantitative estimate of drug-likeness (QED) is 0.503. The number of nitrogens with zero attached hydrogens (tertiary/aromatic N) is 4. The number of para-hydroxylation sites is 1. The summed E-state index contributed by atoms with van der Waals surface area (Å²) in [5, 5.41) is 7.87. The summed E-state index contributed by atoms with van der Waals surface area (Å²) < 4.78 is 6.46. The van der Waals surface area contributed by atoms with Crippen LogP contribution in [0.1, 0.15) is 33.7 Å². The highest BCUT2D eigenvalue weighted by molar-refractivity contribution is 7.98. The van der Waals surface area contributed by atoms with Crippen molar-refractivity contribution in [2.75, 3.05) is 18.7 Å². The van der Waals surface area contributed by atoms with Crippen LogP contribution in [-0.4, -0.2) is 44.8 Å². The van der Waals surface area contributed by atoms with E-state index < -0.39 is 5.97 Å². The number of carbonyl (C=O) groups excluding carboxylic acids is 2. The van der Waals surface area contributed by atoms with Gasteiger partial charge >= 0.3 is 5.97 Å². The molecule has 0 saturated carbocycles. The van der Waals surface area contributed by atoms with Gasteiger partial charge in [0.25, 0.3) is 5.78 Å². The molecular formula is C19H21N5O3S. The molecule has 0 fully saturated rings. The summed E-state index contributed by atoms with van der Waals surface area (Å²) in [5.74, 6) is -0.133. The first-order valence-corrected chi connectivity index (χ1v) is 9.91. The first-order chi connectivity index (χ1) is 13.4. The number of hydrogen-bond acceptors (Lipinski definition) is 7. The molecule has 1 amide bonds. The van der Waals surface area contributed by atoms with Crippen LogP contribution >= 0.6 is 11.8 Å². The second-order valence-corrected chi connectivity index (χ2v) is 6.93. The standard InChI is InChI=1S/C19H21N5O3S/c1-11-13(12(2)24-18(20-11)22-19(23-24)28-4)9-10-16(25)21-15-8-6-5-7-14(15)17(26)27-3/h5-8H,9-10H2,1-4H3,(H,21,25). The Morgan fingerprint density at radius 1 is 1.21 bits per heavy atom. The zero-order valence-corrected chi connectivity index (χ0v) is 17.0. The number of ether oxygens (including phenoxy) is 1. The summed E-state index contributed by atoms with van der Waals surface area (Å²) in [7, 11) is 1.31. The minimum Gasteiger partial charge on any atom is -0.465 e. The molecule has 1 N–H and O–H groups in total. The molecule has 0 radical (unpaired) electrons. The largest absolute Gasteiger partial charge is 0.465 e. The Hall–Kier alpha value is -2.94. The number of thioether (sulfide) groups is 1. The Bertz CT molecular complexity index is 1050. The molecule has 146 valence electrons. The van der Waals surface area contributed by atoms with Gasteiger partial charge in [-0.2, -0.15) is 4.98 Å². The summed E-state index contributed by atoms with van der Waals surface area (Å²) in [6, 6.07) is 6.76. The lowest BCUT2D eigenvalue weighted by Crippen LogP contribution is -2.16. The van der Waals surface area contributed by atoms with E-state index in [2.05, 4.69) is 20.4 Å². The van der Waals surface area contributed by atoms with Crippen LogP contribution in [0.3, 0.4) is 0 Å². The van der Waals surface area contributed by atoms with Gasteiger partial charge in [-0.3, -0.25) is 4.79 Å². The maximum Gasteiger partial charge on any atom is 0.339 e. The van der Waals surface area contributed by atoms with Gasteiger partial charge in [0, 0.05) is 17.8 Å². The third-order valence-electron chi connectivity index (χ3n) is 4.42. The highest BCUT2D eigenvalue weighted by Crippen LogP contribution is 2.19. The van der Waals surface area contributed by atoms with Gasteiger partial charge < -0.3 is 10.1 Å². The van der Waals surface area contributed by atoms with E-state index >= 15 is 0 Å². The maximum absolute atomic E-state index is 12.5. The number of carbonyl (C=O) groups is 2. The van der Waals surface area contributed by atoms with Gasteiger partial charge in [-0.25, -0.2) is 14.3 Å². The van der Waals surface area contributed by atoms with Crippen LogP contribution in [0, 0.1) is 13.8 Å². The van der Waals surface area contributed by atoms with Crippen molar-refractivity contribution in [2.45, 2.75) is 31.8 Å². The van der Waals surface area contributed by atoms with Crippen LogP contribution in [0.2, 0.25) is 0 Å². The summed E-state index contributed by atoms with van der Waals surface area (Å²) in [6.07, 6.45) is 2.66. The lowest BCUT2D eigenvalue weighted by atomic mass is 10.1. The number of amides is 1. The molecule has 8 nitrogen and oxygen atoms in total. The summed E-state index contributed by atoms with van der Waals surface area (Å²) in [4.78, 5) is 33.2. The molecule has 2 aromatic heterocycles. The van der Waals surface area contributed by atoms with E-state index in [9.17, 15) is 9.59 Å². The van der Waals surface area contributed by atoms with Gasteiger partial charge in [-0.15, -0.1) is 5.10 Å². The van der Waals surface area contributed by atoms with E-state index in [0.717, 1.165) is 17.0 Å². The number of methoxy groups -OCH3 is 1. The molecule has 0 aliphatic rings. The molecule has 2 heterocycles. The van der Waals surface area contributed by atoms with Crippen molar-refractivity contribution in [3.63, 3.8) is 0 Å². The van der Waals surface area contributed by atoms with Gasteiger partial charge in [0.1, 0.15) is 0 Å². The van der Waals surface area contributed by atoms with Gasteiger partial charge in [0.05, 0.1) is 18.4 Å². The average molecular weight is 399 g/mol. The highest BCUT2D eigenvalue weighted by Gasteiger charge is 2.16. The number of rotatable bonds is 6. The molecule has 1 aromatic carbocycles. The van der Waals surface area contributed by atoms with Crippen LogP contribution < -0.4 is 5.32 Å². The fraction of sp³-hybridized carbons (Fsp3) is 0.316. The number of anilines is 1. The third kappa shape index (κ3) is 3.99. The Labute approximate surface area is 166 Å². The van der Waals surface area contributed by atoms with Gasteiger partial charge in [0.2, 0.25) is 11.1 Å². The summed E-state index contributed by atoms with van der Waals surface area (Å²) in [5.41, 5.74) is 3.45. The topological polar surface area (TPSA) is 98.5 Å². The number of esters is 1. The van der Waals surface area contributed by atoms with Gasteiger partial charge in [-0.1, -0.05) is 23.9 Å². The number of hydrogen-bond donors (Lipinski definition) is 1. The van der Waals surface area contributed by atoms with E-state index in [-0.39, 0.29) is 12.3 Å². The normalized spacial score (nSPS) is 10.9. The highest BCUT2D eigenvalue weighted by atomic mass is 32.2. The number of nitrogens with one attached hydrogen (secondary N) is 1. The molecule has 28 heavy (non-hydrogen) atoms. The molecule has 3 aromatic rings. The van der Waals surface area contributed by atoms with Crippen LogP contribution in [-0.2, 0) is 16.0 Å². The monoisotopic (exact) mass is 399 g/mol. The Morgan fingerprint density at radius 3 is 2.68 bits per heavy atom. The predicted octanol–water partition coefficient (Wildman–Crippen LogP) is 2.82. The zero-order chi connectivity index (χ0) is 20.3. The van der Waals surface area contributed by atoms with Gasteiger partial charge in [-0.05, 0) is 44.2 Å². The number of fused-ring (bicyclic) bond motifs is 1. The lowest BCUT2D eigenvalue weighted by Gasteiger charge is -2.12. The zero-order valence-electron chi connectivity index (χ0n) is 16.1. The fourth-order valence-corrected chi connectivity index (χ4v) is 3.31. The number of aromatic nitrogens is 4. The van der Waals surface area contributed by atoms with Crippen molar-refractivity contribution >= 4 is 35.1 Å². The van der Waals surface area contributed by atoms with Crippen LogP contribution in [0.25, 0.3) is 5.78 Å². The lowest BCUT2D eigenvalue weighted by molar-refractivity contribution is -0.116. The van der Waals surface area contributed by atoms with Crippen molar-refractivity contribution in [3.05, 3.63) is 46.8 Å². The van der Waals surface area contributed by atoms with Crippen LogP contribution in [0.4, 0.5) is 5.69 Å². The van der Waals surface area contributed by atoms with Gasteiger partial charge in [0.15, 0.2) is 0 Å². The van der Waals surface area contributed by atoms with Crippen molar-refractivity contribution in [3.8, 4) is 0 Å². The minimum absolute atomic E-state index is 0.196. The van der Waals surface area contributed by atoms with E-state index in [1.54, 1.807) is 28.8 Å². The van der Waals surface area contributed by atoms with E-state index in [0.29, 0.717) is 28.6 Å². The first kappa shape index (κ1) is 19.8. The average Bonchev–Trinajstić information content (AvgIpc) is 3.11. The number of benzene rings is 1. The third-order valence-corrected chi connectivity index (χ3v) is 4.96. The van der Waals surface area contributed by atoms with E-state index in [1.165, 1.54) is 18.9 Å². The molecule has 0 aliphatic carbocycles. The summed E-state index contributed by atoms with van der Waals surface area (Å²) >= 11 is 1.45. The second-order valence-electron chi connectivity index (χ2n) is 6.16. The minimum atomic E-state index is -0.493.